The molecule has 1 aromatic carbocycles. The van der Waals surface area contributed by atoms with Crippen LogP contribution < -0.4 is 5.32 Å². The fourth-order valence-corrected chi connectivity index (χ4v) is 6.30. The Balaban J connectivity index is 1.54. The molecular formula is C19H20N2O3S2. The molecule has 136 valence electrons. The van der Waals surface area contributed by atoms with Crippen molar-refractivity contribution < 1.29 is 14.7 Å². The van der Waals surface area contributed by atoms with Crippen LogP contribution in [0.5, 0.6) is 0 Å². The Kier molecular flexibility index (Phi) is 4.52. The lowest BCUT2D eigenvalue weighted by atomic mass is 9.82. The average Bonchev–Trinajstić information content (AvgIpc) is 3.26. The Hall–Kier alpha value is -1.86. The summed E-state index contributed by atoms with van der Waals surface area (Å²) in [5.74, 6) is -2.18. The van der Waals surface area contributed by atoms with Crippen LogP contribution in [0.1, 0.15) is 20.3 Å². The van der Waals surface area contributed by atoms with Gasteiger partial charge >= 0.3 is 5.97 Å². The van der Waals surface area contributed by atoms with Crippen LogP contribution in [0.2, 0.25) is 0 Å². The molecular weight excluding hydrogens is 368 g/mol. The quantitative estimate of drug-likeness (QED) is 0.591. The van der Waals surface area contributed by atoms with Crippen LogP contribution in [0.3, 0.4) is 0 Å². The van der Waals surface area contributed by atoms with Crippen molar-refractivity contribution in [3.8, 4) is 0 Å². The maximum Gasteiger partial charge on any atom is 0.307 e. The van der Waals surface area contributed by atoms with E-state index in [0.717, 1.165) is 21.0 Å². The molecule has 1 heterocycles. The van der Waals surface area contributed by atoms with E-state index in [1.54, 1.807) is 23.1 Å². The summed E-state index contributed by atoms with van der Waals surface area (Å²) >= 11 is 3.34. The van der Waals surface area contributed by atoms with Crippen LogP contribution in [0.4, 0.5) is 5.69 Å². The molecule has 1 fully saturated rings. The minimum absolute atomic E-state index is 0.0205. The van der Waals surface area contributed by atoms with Crippen LogP contribution in [-0.2, 0) is 9.59 Å². The van der Waals surface area contributed by atoms with Gasteiger partial charge in [-0.1, -0.05) is 37.8 Å². The molecule has 2 aromatic rings. The third-order valence-corrected chi connectivity index (χ3v) is 7.14. The first-order valence-electron chi connectivity index (χ1n) is 8.71. The highest BCUT2D eigenvalue weighted by Gasteiger charge is 2.51. The van der Waals surface area contributed by atoms with Crippen molar-refractivity contribution in [3.05, 3.63) is 30.4 Å². The van der Waals surface area contributed by atoms with E-state index in [9.17, 15) is 14.7 Å². The molecule has 5 nitrogen and oxygen atoms in total. The van der Waals surface area contributed by atoms with E-state index in [1.807, 2.05) is 30.4 Å². The maximum atomic E-state index is 12.8. The third-order valence-electron chi connectivity index (χ3n) is 5.02. The number of aliphatic carboxylic acids is 1. The van der Waals surface area contributed by atoms with Gasteiger partial charge in [-0.2, -0.15) is 0 Å². The molecule has 1 saturated carbocycles. The fourth-order valence-electron chi connectivity index (χ4n) is 3.98. The van der Waals surface area contributed by atoms with Crippen molar-refractivity contribution in [2.24, 2.45) is 23.7 Å². The largest absolute Gasteiger partial charge is 0.481 e. The van der Waals surface area contributed by atoms with Gasteiger partial charge in [0.1, 0.15) is 0 Å². The van der Waals surface area contributed by atoms with E-state index < -0.39 is 17.8 Å². The zero-order valence-electron chi connectivity index (χ0n) is 14.5. The zero-order chi connectivity index (χ0) is 18.4. The van der Waals surface area contributed by atoms with Gasteiger partial charge in [0.15, 0.2) is 4.34 Å². The van der Waals surface area contributed by atoms with Crippen molar-refractivity contribution in [1.82, 2.24) is 4.98 Å². The Labute approximate surface area is 159 Å². The van der Waals surface area contributed by atoms with Crippen molar-refractivity contribution >= 4 is 50.9 Å². The van der Waals surface area contributed by atoms with Crippen LogP contribution in [0.15, 0.2) is 34.7 Å². The van der Waals surface area contributed by atoms with Crippen LogP contribution in [-0.4, -0.2) is 27.2 Å². The van der Waals surface area contributed by atoms with Gasteiger partial charge in [0.05, 0.1) is 22.1 Å². The monoisotopic (exact) mass is 388 g/mol. The number of carboxylic acid groups (broad SMARTS) is 1. The van der Waals surface area contributed by atoms with Crippen LogP contribution in [0, 0.1) is 23.7 Å². The third kappa shape index (κ3) is 3.14. The van der Waals surface area contributed by atoms with Crippen molar-refractivity contribution in [3.63, 3.8) is 0 Å². The number of benzene rings is 1. The molecule has 1 amide bonds. The fraction of sp³-hybridized carbons (Fsp3) is 0.421. The second-order valence-corrected chi connectivity index (χ2v) is 10.0. The normalized spacial score (nSPS) is 26.7. The highest BCUT2D eigenvalue weighted by Crippen LogP contribution is 2.48. The number of carboxylic acids is 1. The van der Waals surface area contributed by atoms with E-state index in [0.29, 0.717) is 10.9 Å². The second kappa shape index (κ2) is 6.70. The number of fused-ring (bicyclic) bond motifs is 3. The minimum atomic E-state index is -0.879. The van der Waals surface area contributed by atoms with E-state index >= 15 is 0 Å². The molecule has 0 saturated heterocycles. The summed E-state index contributed by atoms with van der Waals surface area (Å²) in [6.07, 6.45) is 4.71. The topological polar surface area (TPSA) is 79.3 Å². The number of thiazole rings is 1. The molecule has 26 heavy (non-hydrogen) atoms. The van der Waals surface area contributed by atoms with Crippen LogP contribution >= 0.6 is 23.1 Å². The van der Waals surface area contributed by atoms with Gasteiger partial charge in [-0.15, -0.1) is 11.3 Å². The number of nitrogens with one attached hydrogen (secondary N) is 1. The predicted molar refractivity (Wildman–Crippen MR) is 105 cm³/mol. The standard InChI is InChI=1S/C19H20N2O3S2/c1-9(2)25-19-21-13-6-5-12(8-14(13)26-19)20-17(22)15-10-3-4-11(7-10)16(15)18(23)24/h3-6,8-11,15-16H,7H2,1-2H3,(H,20,22)(H,23,24)/t10-,11-,15+,16-/m0/s1. The van der Waals surface area contributed by atoms with E-state index in [1.165, 1.54) is 0 Å². The molecule has 2 bridgehead atoms. The minimum Gasteiger partial charge on any atom is -0.481 e. The molecule has 4 atom stereocenters. The number of hydrogen-bond donors (Lipinski definition) is 2. The number of amides is 1. The first-order chi connectivity index (χ1) is 12.4. The van der Waals surface area contributed by atoms with E-state index in [-0.39, 0.29) is 17.7 Å². The smallest absolute Gasteiger partial charge is 0.307 e. The van der Waals surface area contributed by atoms with E-state index in [4.69, 9.17) is 0 Å². The molecule has 2 aliphatic rings. The number of nitrogens with zero attached hydrogens (tertiary/aromatic N) is 1. The first-order valence-corrected chi connectivity index (χ1v) is 10.4. The van der Waals surface area contributed by atoms with Crippen molar-refractivity contribution in [2.75, 3.05) is 5.32 Å². The molecule has 2 aliphatic carbocycles. The van der Waals surface area contributed by atoms with Gasteiger partial charge in [0.2, 0.25) is 5.91 Å². The Morgan fingerprint density at radius 2 is 2.00 bits per heavy atom. The summed E-state index contributed by atoms with van der Waals surface area (Å²) in [6.45, 7) is 4.26. The number of carbonyl (C=O) groups is 2. The maximum absolute atomic E-state index is 12.8. The molecule has 1 aromatic heterocycles. The number of carbonyl (C=O) groups excluding carboxylic acids is 1. The van der Waals surface area contributed by atoms with Gasteiger partial charge in [-0.3, -0.25) is 9.59 Å². The summed E-state index contributed by atoms with van der Waals surface area (Å²) in [5, 5.41) is 12.9. The number of allylic oxidation sites excluding steroid dienone is 2. The van der Waals surface area contributed by atoms with Gasteiger partial charge in [0, 0.05) is 10.9 Å². The van der Waals surface area contributed by atoms with E-state index in [2.05, 4.69) is 24.1 Å². The highest BCUT2D eigenvalue weighted by atomic mass is 32.2. The average molecular weight is 389 g/mol. The lowest BCUT2D eigenvalue weighted by molar-refractivity contribution is -0.146. The highest BCUT2D eigenvalue weighted by molar-refractivity contribution is 8.01. The SMILES string of the molecule is CC(C)Sc1nc2ccc(NC(=O)[C@H]3[C@@H](C(=O)O)[C@H]4C=C[C@H]3C4)cc2s1. The molecule has 0 unspecified atom stereocenters. The van der Waals surface area contributed by atoms with Crippen molar-refractivity contribution in [2.45, 2.75) is 29.9 Å². The Bertz CT molecular complexity index is 905. The summed E-state index contributed by atoms with van der Waals surface area (Å²) in [6, 6.07) is 5.66. The summed E-state index contributed by atoms with van der Waals surface area (Å²) in [5.41, 5.74) is 1.62. The molecule has 0 aliphatic heterocycles. The zero-order valence-corrected chi connectivity index (χ0v) is 16.1. The summed E-state index contributed by atoms with van der Waals surface area (Å²) in [7, 11) is 0. The summed E-state index contributed by atoms with van der Waals surface area (Å²) in [4.78, 5) is 29.0. The number of hydrogen-bond acceptors (Lipinski definition) is 5. The lowest BCUT2D eigenvalue weighted by Crippen LogP contribution is -2.36. The predicted octanol–water partition coefficient (Wildman–Crippen LogP) is 4.26. The van der Waals surface area contributed by atoms with Gasteiger partial charge in [0.25, 0.3) is 0 Å². The van der Waals surface area contributed by atoms with Crippen LogP contribution in [0.25, 0.3) is 10.2 Å². The number of aromatic nitrogens is 1. The van der Waals surface area contributed by atoms with Gasteiger partial charge < -0.3 is 10.4 Å². The van der Waals surface area contributed by atoms with Gasteiger partial charge in [-0.05, 0) is 36.5 Å². The number of anilines is 1. The molecule has 4 rings (SSSR count). The van der Waals surface area contributed by atoms with Gasteiger partial charge in [-0.25, -0.2) is 4.98 Å². The Morgan fingerprint density at radius 1 is 1.27 bits per heavy atom. The molecule has 0 radical (unpaired) electrons. The molecule has 0 spiro atoms. The number of thioether (sulfide) groups is 1. The molecule has 7 heteroatoms. The van der Waals surface area contributed by atoms with Crippen molar-refractivity contribution in [1.29, 1.82) is 0 Å². The number of rotatable bonds is 5. The summed E-state index contributed by atoms with van der Waals surface area (Å²) < 4.78 is 2.04. The first kappa shape index (κ1) is 17.5. The second-order valence-electron chi connectivity index (χ2n) is 7.16. The lowest BCUT2D eigenvalue weighted by Gasteiger charge is -2.23. The Morgan fingerprint density at radius 3 is 2.69 bits per heavy atom. The molecule has 2 N–H and O–H groups in total.